The molecule has 0 saturated heterocycles. The minimum absolute atomic E-state index is 0.0964. The number of amides is 2. The molecule has 0 spiro atoms. The monoisotopic (exact) mass is 416 g/mol. The maximum absolute atomic E-state index is 13.1. The molecule has 0 unspecified atom stereocenters. The van der Waals surface area contributed by atoms with Crippen molar-refractivity contribution < 1.29 is 22.7 Å². The molecule has 0 saturated carbocycles. The van der Waals surface area contributed by atoms with Crippen LogP contribution in [-0.2, 0) is 19.4 Å². The van der Waals surface area contributed by atoms with Crippen LogP contribution in [0, 0.1) is 20.8 Å². The second kappa shape index (κ2) is 7.87. The standard InChI is InChI=1S/C21H24N2O5S/c1-12-5-13(2)7-16(6-12)22-20(24)9-15(4)29(26,27)19-10-18-17(8-14(19)3)23-21(25)11-28-18/h5-8,10,15H,9,11H2,1-4H3,(H,22,24)(H,23,25)/t15-/m1/s1. The van der Waals surface area contributed by atoms with Gasteiger partial charge in [0.1, 0.15) is 5.75 Å². The van der Waals surface area contributed by atoms with Gasteiger partial charge in [0.25, 0.3) is 5.91 Å². The zero-order valence-corrected chi connectivity index (χ0v) is 17.6. The Morgan fingerprint density at radius 2 is 1.79 bits per heavy atom. The Bertz CT molecular complexity index is 1070. The van der Waals surface area contributed by atoms with Crippen LogP contribution in [0.4, 0.5) is 11.4 Å². The molecule has 2 aromatic rings. The van der Waals surface area contributed by atoms with Gasteiger partial charge in [-0.1, -0.05) is 6.07 Å². The summed E-state index contributed by atoms with van der Waals surface area (Å²) in [6, 6.07) is 8.65. The number of aryl methyl sites for hydroxylation is 3. The Morgan fingerprint density at radius 1 is 1.14 bits per heavy atom. The molecule has 1 aliphatic heterocycles. The zero-order chi connectivity index (χ0) is 21.3. The van der Waals surface area contributed by atoms with Crippen molar-refractivity contribution >= 4 is 33.0 Å². The molecular weight excluding hydrogens is 392 g/mol. The molecule has 1 aliphatic rings. The van der Waals surface area contributed by atoms with Gasteiger partial charge in [-0.25, -0.2) is 8.42 Å². The minimum Gasteiger partial charge on any atom is -0.482 e. The number of hydrogen-bond donors (Lipinski definition) is 2. The first-order valence-corrected chi connectivity index (χ1v) is 10.8. The number of carbonyl (C=O) groups is 2. The molecule has 0 fully saturated rings. The summed E-state index contributed by atoms with van der Waals surface area (Å²) in [6.45, 7) is 6.86. The highest BCUT2D eigenvalue weighted by Gasteiger charge is 2.29. The molecule has 0 aromatic heterocycles. The fourth-order valence-electron chi connectivity index (χ4n) is 3.37. The van der Waals surface area contributed by atoms with Crippen LogP contribution < -0.4 is 15.4 Å². The number of sulfone groups is 1. The number of fused-ring (bicyclic) bond motifs is 1. The van der Waals surface area contributed by atoms with Gasteiger partial charge in [0.05, 0.1) is 15.8 Å². The van der Waals surface area contributed by atoms with Crippen LogP contribution in [0.3, 0.4) is 0 Å². The van der Waals surface area contributed by atoms with Crippen LogP contribution in [0.15, 0.2) is 35.2 Å². The lowest BCUT2D eigenvalue weighted by atomic mass is 10.1. The molecule has 1 heterocycles. The third-order valence-electron chi connectivity index (χ3n) is 4.72. The first-order chi connectivity index (χ1) is 13.6. The second-order valence-corrected chi connectivity index (χ2v) is 9.77. The van der Waals surface area contributed by atoms with E-state index in [9.17, 15) is 18.0 Å². The molecule has 0 aliphatic carbocycles. The summed E-state index contributed by atoms with van der Waals surface area (Å²) in [6.07, 6.45) is -0.177. The summed E-state index contributed by atoms with van der Waals surface area (Å²) in [7, 11) is -3.77. The van der Waals surface area contributed by atoms with Gasteiger partial charge in [-0.15, -0.1) is 0 Å². The van der Waals surface area contributed by atoms with E-state index in [2.05, 4.69) is 10.6 Å². The van der Waals surface area contributed by atoms with Crippen molar-refractivity contribution in [1.82, 2.24) is 0 Å². The van der Waals surface area contributed by atoms with Crippen molar-refractivity contribution in [2.45, 2.75) is 44.3 Å². The molecule has 154 valence electrons. The summed E-state index contributed by atoms with van der Waals surface area (Å²) in [5.41, 5.74) is 3.59. The van der Waals surface area contributed by atoms with Crippen LogP contribution in [0.2, 0.25) is 0 Å². The molecule has 7 nitrogen and oxygen atoms in total. The minimum atomic E-state index is -3.77. The van der Waals surface area contributed by atoms with Crippen LogP contribution in [0.1, 0.15) is 30.0 Å². The van der Waals surface area contributed by atoms with Crippen molar-refractivity contribution in [3.8, 4) is 5.75 Å². The van der Waals surface area contributed by atoms with E-state index >= 15 is 0 Å². The third kappa shape index (κ3) is 4.59. The summed E-state index contributed by atoms with van der Waals surface area (Å²) in [5, 5.41) is 4.50. The van der Waals surface area contributed by atoms with Gasteiger partial charge in [-0.3, -0.25) is 9.59 Å². The highest BCUT2D eigenvalue weighted by Crippen LogP contribution is 2.34. The third-order valence-corrected chi connectivity index (χ3v) is 7.00. The molecule has 1 atom stereocenters. The highest BCUT2D eigenvalue weighted by molar-refractivity contribution is 7.92. The number of hydrogen-bond acceptors (Lipinski definition) is 5. The Morgan fingerprint density at radius 3 is 2.45 bits per heavy atom. The van der Waals surface area contributed by atoms with Gasteiger partial charge in [0.2, 0.25) is 5.91 Å². The van der Waals surface area contributed by atoms with E-state index < -0.39 is 15.1 Å². The molecule has 0 bridgehead atoms. The average molecular weight is 416 g/mol. The van der Waals surface area contributed by atoms with Crippen LogP contribution in [0.5, 0.6) is 5.75 Å². The molecule has 3 rings (SSSR count). The van der Waals surface area contributed by atoms with Crippen molar-refractivity contribution in [2.24, 2.45) is 0 Å². The zero-order valence-electron chi connectivity index (χ0n) is 16.8. The maximum Gasteiger partial charge on any atom is 0.262 e. The molecule has 8 heteroatoms. The van der Waals surface area contributed by atoms with Crippen LogP contribution in [-0.4, -0.2) is 32.1 Å². The van der Waals surface area contributed by atoms with Gasteiger partial charge in [-0.2, -0.15) is 0 Å². The van der Waals surface area contributed by atoms with E-state index in [1.54, 1.807) is 13.0 Å². The molecule has 2 amide bonds. The van der Waals surface area contributed by atoms with Crippen molar-refractivity contribution in [2.75, 3.05) is 17.2 Å². The lowest BCUT2D eigenvalue weighted by Gasteiger charge is -2.21. The Hall–Kier alpha value is -2.87. The van der Waals surface area contributed by atoms with Crippen molar-refractivity contribution in [3.05, 3.63) is 47.0 Å². The van der Waals surface area contributed by atoms with E-state index in [-0.39, 0.29) is 29.7 Å². The summed E-state index contributed by atoms with van der Waals surface area (Å²) in [4.78, 5) is 24.0. The Labute approximate surface area is 170 Å². The van der Waals surface area contributed by atoms with E-state index in [0.717, 1.165) is 11.1 Å². The summed E-state index contributed by atoms with van der Waals surface area (Å²) >= 11 is 0. The number of rotatable bonds is 5. The van der Waals surface area contributed by atoms with Crippen LogP contribution in [0.25, 0.3) is 0 Å². The molecule has 2 N–H and O–H groups in total. The summed E-state index contributed by atoms with van der Waals surface area (Å²) in [5.74, 6) is -0.352. The Balaban J connectivity index is 1.78. The lowest BCUT2D eigenvalue weighted by molar-refractivity contribution is -0.118. The van der Waals surface area contributed by atoms with E-state index in [1.807, 2.05) is 32.0 Å². The number of carbonyl (C=O) groups excluding carboxylic acids is 2. The van der Waals surface area contributed by atoms with Gasteiger partial charge in [0, 0.05) is 18.2 Å². The first kappa shape index (κ1) is 20.9. The normalized spacial score (nSPS) is 14.4. The number of benzene rings is 2. The first-order valence-electron chi connectivity index (χ1n) is 9.25. The van der Waals surface area contributed by atoms with Gasteiger partial charge in [-0.05, 0) is 62.6 Å². The molecule has 0 radical (unpaired) electrons. The second-order valence-electron chi connectivity index (χ2n) is 7.44. The summed E-state index contributed by atoms with van der Waals surface area (Å²) < 4.78 is 31.5. The topological polar surface area (TPSA) is 102 Å². The van der Waals surface area contributed by atoms with Gasteiger partial charge >= 0.3 is 0 Å². The predicted molar refractivity (Wildman–Crippen MR) is 111 cm³/mol. The fraction of sp³-hybridized carbons (Fsp3) is 0.333. The molecule has 2 aromatic carbocycles. The smallest absolute Gasteiger partial charge is 0.262 e. The van der Waals surface area contributed by atoms with E-state index in [0.29, 0.717) is 22.7 Å². The van der Waals surface area contributed by atoms with Crippen LogP contribution >= 0.6 is 0 Å². The quantitative estimate of drug-likeness (QED) is 0.780. The number of ether oxygens (including phenoxy) is 1. The number of nitrogens with one attached hydrogen (secondary N) is 2. The Kier molecular flexibility index (Phi) is 5.66. The highest BCUT2D eigenvalue weighted by atomic mass is 32.2. The fourth-order valence-corrected chi connectivity index (χ4v) is 4.95. The largest absolute Gasteiger partial charge is 0.482 e. The predicted octanol–water partition coefficient (Wildman–Crippen LogP) is 3.13. The average Bonchev–Trinajstić information content (AvgIpc) is 2.59. The molecule has 29 heavy (non-hydrogen) atoms. The SMILES string of the molecule is Cc1cc(C)cc(NC(=O)C[C@@H](C)S(=O)(=O)c2cc3c(cc2C)NC(=O)CO3)c1. The van der Waals surface area contributed by atoms with Crippen molar-refractivity contribution in [3.63, 3.8) is 0 Å². The van der Waals surface area contributed by atoms with Crippen molar-refractivity contribution in [1.29, 1.82) is 0 Å². The lowest BCUT2D eigenvalue weighted by Crippen LogP contribution is -2.27. The van der Waals surface area contributed by atoms with Gasteiger partial charge < -0.3 is 15.4 Å². The number of anilines is 2. The van der Waals surface area contributed by atoms with E-state index in [4.69, 9.17) is 4.74 Å². The van der Waals surface area contributed by atoms with Gasteiger partial charge in [0.15, 0.2) is 16.4 Å². The maximum atomic E-state index is 13.1. The van der Waals surface area contributed by atoms with E-state index in [1.165, 1.54) is 13.0 Å². The molecular formula is C21H24N2O5S.